The lowest BCUT2D eigenvalue weighted by atomic mass is 9.99. The van der Waals surface area contributed by atoms with Gasteiger partial charge in [0.25, 0.3) is 0 Å². The van der Waals surface area contributed by atoms with Gasteiger partial charge in [-0.25, -0.2) is 0 Å². The Bertz CT molecular complexity index is 1050. The van der Waals surface area contributed by atoms with Crippen molar-refractivity contribution >= 4 is 29.2 Å². The number of allylic oxidation sites excluding steroid dienone is 1. The summed E-state index contributed by atoms with van der Waals surface area (Å²) < 4.78 is 0. The first-order chi connectivity index (χ1) is 13.0. The fourth-order valence-corrected chi connectivity index (χ4v) is 2.66. The highest BCUT2D eigenvalue weighted by molar-refractivity contribution is 5.88. The van der Waals surface area contributed by atoms with Crippen molar-refractivity contribution in [3.8, 4) is 6.07 Å². The lowest BCUT2D eigenvalue weighted by Crippen LogP contribution is -2.06. The summed E-state index contributed by atoms with van der Waals surface area (Å²) >= 11 is 0. The summed E-state index contributed by atoms with van der Waals surface area (Å²) in [7, 11) is 0. The number of aryl methyl sites for hydroxylation is 3. The van der Waals surface area contributed by atoms with E-state index in [0.717, 1.165) is 22.4 Å². The molecule has 3 aromatic rings. The number of aromatic nitrogens is 3. The molecule has 0 saturated carbocycles. The van der Waals surface area contributed by atoms with E-state index in [0.29, 0.717) is 11.5 Å². The van der Waals surface area contributed by atoms with E-state index in [1.165, 1.54) is 5.56 Å². The number of nitriles is 1. The van der Waals surface area contributed by atoms with Gasteiger partial charge in [-0.2, -0.15) is 20.2 Å². The molecule has 1 heterocycles. The summed E-state index contributed by atoms with van der Waals surface area (Å²) in [5, 5.41) is 12.7. The molecule has 0 amide bonds. The second-order valence-electron chi connectivity index (χ2n) is 6.29. The Balaban J connectivity index is 2.01. The van der Waals surface area contributed by atoms with Gasteiger partial charge in [-0.05, 0) is 61.2 Å². The highest BCUT2D eigenvalue weighted by Gasteiger charge is 2.11. The zero-order chi connectivity index (χ0) is 19.4. The number of para-hydroxylation sites is 1. The summed E-state index contributed by atoms with van der Waals surface area (Å²) in [6.07, 6.45) is 1.78. The van der Waals surface area contributed by atoms with Crippen LogP contribution >= 0.6 is 0 Å². The van der Waals surface area contributed by atoms with Crippen molar-refractivity contribution in [2.75, 3.05) is 11.1 Å². The average molecular weight is 356 g/mol. The maximum absolute atomic E-state index is 9.65. The van der Waals surface area contributed by atoms with Crippen molar-refractivity contribution < 1.29 is 0 Å². The first kappa shape index (κ1) is 18.1. The number of nitrogens with one attached hydrogen (secondary N) is 1. The van der Waals surface area contributed by atoms with Gasteiger partial charge in [-0.1, -0.05) is 30.3 Å². The van der Waals surface area contributed by atoms with Crippen LogP contribution in [0.15, 0.2) is 42.5 Å². The molecule has 3 N–H and O–H groups in total. The molecule has 2 aromatic carbocycles. The topological polar surface area (TPSA) is 101 Å². The fraction of sp³-hybridized carbons (Fsp3) is 0.143. The summed E-state index contributed by atoms with van der Waals surface area (Å²) in [6.45, 7) is 6.12. The van der Waals surface area contributed by atoms with E-state index in [2.05, 4.69) is 45.4 Å². The number of nitrogens with two attached hydrogens (primary N) is 1. The van der Waals surface area contributed by atoms with Crippen LogP contribution in [0, 0.1) is 32.1 Å². The zero-order valence-corrected chi connectivity index (χ0v) is 15.5. The van der Waals surface area contributed by atoms with E-state index in [-0.39, 0.29) is 11.8 Å². The Hall–Kier alpha value is -3.72. The Kier molecular flexibility index (Phi) is 5.13. The van der Waals surface area contributed by atoms with Crippen LogP contribution in [0.3, 0.4) is 0 Å². The molecule has 0 fully saturated rings. The first-order valence-electron chi connectivity index (χ1n) is 8.50. The molecule has 0 aliphatic heterocycles. The largest absolute Gasteiger partial charge is 0.368 e. The summed E-state index contributed by atoms with van der Waals surface area (Å²) in [6, 6.07) is 15.8. The number of anilines is 3. The third kappa shape index (κ3) is 4.28. The minimum atomic E-state index is 0.0522. The normalized spacial score (nSPS) is 11.1. The minimum Gasteiger partial charge on any atom is -0.368 e. The molecule has 0 bridgehead atoms. The molecule has 6 heteroatoms. The molecule has 0 atom stereocenters. The van der Waals surface area contributed by atoms with Gasteiger partial charge in [0.15, 0.2) is 5.82 Å². The summed E-state index contributed by atoms with van der Waals surface area (Å²) in [5.41, 5.74) is 11.4. The number of hydrogen-bond donors (Lipinski definition) is 2. The van der Waals surface area contributed by atoms with Crippen molar-refractivity contribution in [2.45, 2.75) is 20.8 Å². The number of nitrogens with zero attached hydrogens (tertiary/aromatic N) is 4. The third-order valence-corrected chi connectivity index (χ3v) is 4.23. The van der Waals surface area contributed by atoms with Gasteiger partial charge >= 0.3 is 0 Å². The standard InChI is InChI=1S/C21H20N6/c1-13-9-15(3)16(10-14(13)2)11-17(12-22)19-25-20(23)27-21(26-19)24-18-7-5-4-6-8-18/h4-11H,1-3H3,(H3,23,24,25,26,27). The monoisotopic (exact) mass is 356 g/mol. The van der Waals surface area contributed by atoms with Gasteiger partial charge in [0.2, 0.25) is 11.9 Å². The number of nitrogen functional groups attached to an aromatic ring is 1. The molecule has 0 radical (unpaired) electrons. The van der Waals surface area contributed by atoms with Gasteiger partial charge in [0, 0.05) is 5.69 Å². The summed E-state index contributed by atoms with van der Waals surface area (Å²) in [5.74, 6) is 0.583. The molecule has 0 aliphatic carbocycles. The lowest BCUT2D eigenvalue weighted by molar-refractivity contribution is 1.04. The predicted octanol–water partition coefficient (Wildman–Crippen LogP) is 4.19. The Labute approximate surface area is 158 Å². The van der Waals surface area contributed by atoms with Gasteiger partial charge in [-0.3, -0.25) is 0 Å². The number of benzene rings is 2. The van der Waals surface area contributed by atoms with Gasteiger partial charge in [0.05, 0.1) is 5.57 Å². The first-order valence-corrected chi connectivity index (χ1v) is 8.50. The molecule has 134 valence electrons. The molecule has 3 rings (SSSR count). The number of hydrogen-bond acceptors (Lipinski definition) is 6. The Morgan fingerprint density at radius 3 is 2.41 bits per heavy atom. The SMILES string of the molecule is Cc1cc(C)c(C=C(C#N)c2nc(N)nc(Nc3ccccc3)n2)cc1C. The summed E-state index contributed by atoms with van der Waals surface area (Å²) in [4.78, 5) is 12.6. The Morgan fingerprint density at radius 1 is 1.00 bits per heavy atom. The molecule has 0 spiro atoms. The van der Waals surface area contributed by atoms with Crippen LogP contribution in [0.5, 0.6) is 0 Å². The van der Waals surface area contributed by atoms with Crippen LogP contribution in [0.4, 0.5) is 17.6 Å². The van der Waals surface area contributed by atoms with Crippen LogP contribution in [0.2, 0.25) is 0 Å². The van der Waals surface area contributed by atoms with Crippen molar-refractivity contribution in [3.05, 3.63) is 70.5 Å². The minimum absolute atomic E-state index is 0.0522. The highest BCUT2D eigenvalue weighted by atomic mass is 15.2. The average Bonchev–Trinajstić information content (AvgIpc) is 2.64. The van der Waals surface area contributed by atoms with Crippen LogP contribution in [0.25, 0.3) is 11.6 Å². The molecular weight excluding hydrogens is 336 g/mol. The van der Waals surface area contributed by atoms with E-state index in [4.69, 9.17) is 5.73 Å². The quantitative estimate of drug-likeness (QED) is 0.680. The lowest BCUT2D eigenvalue weighted by Gasteiger charge is -2.08. The maximum Gasteiger partial charge on any atom is 0.232 e. The van der Waals surface area contributed by atoms with Crippen molar-refractivity contribution in [1.82, 2.24) is 15.0 Å². The van der Waals surface area contributed by atoms with Crippen molar-refractivity contribution in [2.24, 2.45) is 0 Å². The molecule has 0 saturated heterocycles. The molecule has 0 unspecified atom stereocenters. The molecular formula is C21H20N6. The van der Waals surface area contributed by atoms with Crippen LogP contribution in [0.1, 0.15) is 28.1 Å². The zero-order valence-electron chi connectivity index (χ0n) is 15.5. The van der Waals surface area contributed by atoms with Crippen LogP contribution < -0.4 is 11.1 Å². The fourth-order valence-electron chi connectivity index (χ4n) is 2.66. The molecule has 6 nitrogen and oxygen atoms in total. The van der Waals surface area contributed by atoms with Gasteiger partial charge in [0.1, 0.15) is 6.07 Å². The molecule has 0 aliphatic rings. The predicted molar refractivity (Wildman–Crippen MR) is 108 cm³/mol. The van der Waals surface area contributed by atoms with Crippen LogP contribution in [-0.2, 0) is 0 Å². The van der Waals surface area contributed by atoms with E-state index in [1.54, 1.807) is 6.08 Å². The van der Waals surface area contributed by atoms with Gasteiger partial charge < -0.3 is 11.1 Å². The van der Waals surface area contributed by atoms with Crippen molar-refractivity contribution in [1.29, 1.82) is 5.26 Å². The second-order valence-corrected chi connectivity index (χ2v) is 6.29. The second kappa shape index (κ2) is 7.67. The maximum atomic E-state index is 9.65. The van der Waals surface area contributed by atoms with E-state index >= 15 is 0 Å². The van der Waals surface area contributed by atoms with E-state index in [1.807, 2.05) is 44.2 Å². The van der Waals surface area contributed by atoms with E-state index in [9.17, 15) is 5.26 Å². The van der Waals surface area contributed by atoms with E-state index < -0.39 is 0 Å². The van der Waals surface area contributed by atoms with Crippen molar-refractivity contribution in [3.63, 3.8) is 0 Å². The molecule has 27 heavy (non-hydrogen) atoms. The highest BCUT2D eigenvalue weighted by Crippen LogP contribution is 2.22. The molecule has 1 aromatic heterocycles. The van der Waals surface area contributed by atoms with Crippen LogP contribution in [-0.4, -0.2) is 15.0 Å². The third-order valence-electron chi connectivity index (χ3n) is 4.23. The Morgan fingerprint density at radius 2 is 1.70 bits per heavy atom. The van der Waals surface area contributed by atoms with Gasteiger partial charge in [-0.15, -0.1) is 0 Å². The number of rotatable bonds is 4. The smallest absolute Gasteiger partial charge is 0.232 e.